The molecule has 0 saturated carbocycles. The number of fused-ring (bicyclic) bond motifs is 3. The molecule has 0 aliphatic carbocycles. The highest BCUT2D eigenvalue weighted by atomic mass is 19.4. The van der Waals surface area contributed by atoms with E-state index < -0.39 is 29.6 Å². The lowest BCUT2D eigenvalue weighted by molar-refractivity contribution is -0.276. The van der Waals surface area contributed by atoms with Crippen molar-refractivity contribution in [2.24, 2.45) is 0 Å². The van der Waals surface area contributed by atoms with Crippen LogP contribution in [0.2, 0.25) is 0 Å². The molecule has 0 amide bonds. The molecule has 0 atom stereocenters. The predicted molar refractivity (Wildman–Crippen MR) is 112 cm³/mol. The van der Waals surface area contributed by atoms with Gasteiger partial charge < -0.3 is 4.74 Å². The van der Waals surface area contributed by atoms with Crippen LogP contribution >= 0.6 is 0 Å². The van der Waals surface area contributed by atoms with Gasteiger partial charge in [0.05, 0.1) is 0 Å². The van der Waals surface area contributed by atoms with Crippen molar-refractivity contribution in [2.75, 3.05) is 0 Å². The molecule has 0 spiro atoms. The molecule has 32 heavy (non-hydrogen) atoms. The summed E-state index contributed by atoms with van der Waals surface area (Å²) in [5.41, 5.74) is 0.819. The summed E-state index contributed by atoms with van der Waals surface area (Å²) in [4.78, 5) is 0. The Morgan fingerprint density at radius 1 is 0.781 bits per heavy atom. The van der Waals surface area contributed by atoms with Crippen molar-refractivity contribution in [3.8, 4) is 16.9 Å². The fourth-order valence-corrected chi connectivity index (χ4v) is 3.85. The Labute approximate surface area is 180 Å². The average molecular weight is 448 g/mol. The molecular weight excluding hydrogens is 430 g/mol. The quantitative estimate of drug-likeness (QED) is 0.220. The number of rotatable bonds is 5. The molecule has 4 aromatic carbocycles. The molecule has 0 bridgehead atoms. The van der Waals surface area contributed by atoms with Crippen molar-refractivity contribution in [2.45, 2.75) is 32.5 Å². The number of hydrogen-bond acceptors (Lipinski definition) is 1. The Hall–Kier alpha value is -3.22. The summed E-state index contributed by atoms with van der Waals surface area (Å²) in [6, 6.07) is 13.6. The summed E-state index contributed by atoms with van der Waals surface area (Å²) in [5.74, 6) is -5.44. The highest BCUT2D eigenvalue weighted by Gasteiger charge is 2.34. The number of halogens is 6. The van der Waals surface area contributed by atoms with Crippen LogP contribution in [-0.4, -0.2) is 6.36 Å². The highest BCUT2D eigenvalue weighted by Crippen LogP contribution is 2.37. The zero-order chi connectivity index (χ0) is 23.0. The van der Waals surface area contributed by atoms with Crippen molar-refractivity contribution >= 4 is 21.5 Å². The van der Waals surface area contributed by atoms with Gasteiger partial charge in [0, 0.05) is 10.9 Å². The van der Waals surface area contributed by atoms with Crippen LogP contribution in [0.4, 0.5) is 26.3 Å². The van der Waals surface area contributed by atoms with Gasteiger partial charge in [-0.05, 0) is 52.3 Å². The van der Waals surface area contributed by atoms with Gasteiger partial charge in [-0.1, -0.05) is 55.8 Å². The van der Waals surface area contributed by atoms with Crippen molar-refractivity contribution in [3.63, 3.8) is 0 Å². The lowest BCUT2D eigenvalue weighted by atomic mass is 9.95. The first-order valence-corrected chi connectivity index (χ1v) is 10.1. The van der Waals surface area contributed by atoms with Crippen LogP contribution in [0.3, 0.4) is 0 Å². The van der Waals surface area contributed by atoms with E-state index >= 15 is 4.39 Å². The van der Waals surface area contributed by atoms with Crippen LogP contribution in [0.25, 0.3) is 32.7 Å². The lowest BCUT2D eigenvalue weighted by Gasteiger charge is -2.13. The summed E-state index contributed by atoms with van der Waals surface area (Å²) >= 11 is 0. The standard InChI is InChI=1S/C25H18F6O/c1-2-3-4-14-5-7-17-15(11-14)6-8-20-19(17)10-9-18(23(20)28)16-12-21(26)24(22(27)13-16)32-25(29,30)31/h5-13H,2-4H2,1H3. The molecule has 0 aliphatic heterocycles. The molecule has 0 saturated heterocycles. The fraction of sp³-hybridized carbons (Fsp3) is 0.200. The smallest absolute Gasteiger partial charge is 0.399 e. The number of aryl methyl sites for hydroxylation is 1. The van der Waals surface area contributed by atoms with Gasteiger partial charge in [-0.25, -0.2) is 13.2 Å². The normalized spacial score (nSPS) is 12.0. The van der Waals surface area contributed by atoms with E-state index in [0.717, 1.165) is 30.0 Å². The average Bonchev–Trinajstić information content (AvgIpc) is 2.74. The summed E-state index contributed by atoms with van der Waals surface area (Å²) < 4.78 is 84.0. The molecule has 7 heteroatoms. The molecule has 1 nitrogen and oxygen atoms in total. The van der Waals surface area contributed by atoms with Crippen molar-refractivity contribution in [1.82, 2.24) is 0 Å². The van der Waals surface area contributed by atoms with Gasteiger partial charge in [-0.15, -0.1) is 13.2 Å². The Morgan fingerprint density at radius 3 is 2.09 bits per heavy atom. The van der Waals surface area contributed by atoms with Crippen LogP contribution in [0, 0.1) is 17.5 Å². The monoisotopic (exact) mass is 448 g/mol. The van der Waals surface area contributed by atoms with E-state index in [9.17, 15) is 22.0 Å². The first-order valence-electron chi connectivity index (χ1n) is 10.1. The van der Waals surface area contributed by atoms with Gasteiger partial charge in [0.2, 0.25) is 5.75 Å². The molecule has 0 heterocycles. The highest BCUT2D eigenvalue weighted by molar-refractivity contribution is 6.08. The number of ether oxygens (including phenoxy) is 1. The van der Waals surface area contributed by atoms with Crippen LogP contribution < -0.4 is 4.74 Å². The van der Waals surface area contributed by atoms with Gasteiger partial charge >= 0.3 is 6.36 Å². The van der Waals surface area contributed by atoms with E-state index in [-0.39, 0.29) is 16.5 Å². The maximum absolute atomic E-state index is 15.3. The Balaban J connectivity index is 1.79. The van der Waals surface area contributed by atoms with E-state index in [1.165, 1.54) is 11.6 Å². The van der Waals surface area contributed by atoms with Crippen molar-refractivity contribution in [3.05, 3.63) is 77.6 Å². The molecule has 0 radical (unpaired) electrons. The topological polar surface area (TPSA) is 9.23 Å². The van der Waals surface area contributed by atoms with Gasteiger partial charge in [0.15, 0.2) is 11.6 Å². The van der Waals surface area contributed by atoms with Crippen LogP contribution in [0.5, 0.6) is 5.75 Å². The van der Waals surface area contributed by atoms with Gasteiger partial charge in [-0.2, -0.15) is 0 Å². The van der Waals surface area contributed by atoms with Crippen molar-refractivity contribution in [1.29, 1.82) is 0 Å². The molecular formula is C25H18F6O. The largest absolute Gasteiger partial charge is 0.573 e. The molecule has 0 fully saturated rings. The summed E-state index contributed by atoms with van der Waals surface area (Å²) in [7, 11) is 0. The van der Waals surface area contributed by atoms with Crippen molar-refractivity contribution < 1.29 is 31.1 Å². The fourth-order valence-electron chi connectivity index (χ4n) is 3.85. The van der Waals surface area contributed by atoms with E-state index in [4.69, 9.17) is 0 Å². The first-order chi connectivity index (χ1) is 15.2. The Morgan fingerprint density at radius 2 is 1.44 bits per heavy atom. The third-order valence-electron chi connectivity index (χ3n) is 5.36. The second-order valence-corrected chi connectivity index (χ2v) is 7.56. The second kappa shape index (κ2) is 8.37. The summed E-state index contributed by atoms with van der Waals surface area (Å²) in [5, 5.41) is 2.65. The molecule has 0 aromatic heterocycles. The van der Waals surface area contributed by atoms with Gasteiger partial charge in [-0.3, -0.25) is 0 Å². The van der Waals surface area contributed by atoms with Crippen LogP contribution in [-0.2, 0) is 6.42 Å². The zero-order valence-electron chi connectivity index (χ0n) is 17.0. The first kappa shape index (κ1) is 22.0. The minimum atomic E-state index is -5.26. The third kappa shape index (κ3) is 4.24. The molecule has 0 N–H and O–H groups in total. The number of benzene rings is 4. The minimum Gasteiger partial charge on any atom is -0.399 e. The maximum atomic E-state index is 15.3. The summed E-state index contributed by atoms with van der Waals surface area (Å²) in [6.07, 6.45) is -2.16. The third-order valence-corrected chi connectivity index (χ3v) is 5.36. The Kier molecular flexibility index (Phi) is 5.75. The minimum absolute atomic E-state index is 0.132. The van der Waals surface area contributed by atoms with Gasteiger partial charge in [0.1, 0.15) is 5.82 Å². The molecule has 4 aromatic rings. The molecule has 166 valence electrons. The van der Waals surface area contributed by atoms with E-state index in [1.807, 2.05) is 12.1 Å². The molecule has 0 unspecified atom stereocenters. The lowest BCUT2D eigenvalue weighted by Crippen LogP contribution is -2.19. The van der Waals surface area contributed by atoms with E-state index in [1.54, 1.807) is 18.2 Å². The molecule has 0 aliphatic rings. The van der Waals surface area contributed by atoms with Gasteiger partial charge in [0.25, 0.3) is 0 Å². The molecule has 4 rings (SSSR count). The van der Waals surface area contributed by atoms with E-state index in [2.05, 4.69) is 17.7 Å². The SMILES string of the molecule is CCCCc1ccc2c(ccc3c(F)c(-c4cc(F)c(OC(F)(F)F)c(F)c4)ccc32)c1. The maximum Gasteiger partial charge on any atom is 0.573 e. The second-order valence-electron chi connectivity index (χ2n) is 7.56. The summed E-state index contributed by atoms with van der Waals surface area (Å²) in [6.45, 7) is 2.11. The van der Waals surface area contributed by atoms with Crippen LogP contribution in [0.15, 0.2) is 54.6 Å². The number of unbranched alkanes of at least 4 members (excludes halogenated alkanes) is 1. The Bertz CT molecular complexity index is 1290. The number of hydrogen-bond donors (Lipinski definition) is 0. The number of alkyl halides is 3. The predicted octanol–water partition coefficient (Wildman–Crippen LogP) is 8.32. The van der Waals surface area contributed by atoms with Crippen LogP contribution in [0.1, 0.15) is 25.3 Å². The van der Waals surface area contributed by atoms with E-state index in [0.29, 0.717) is 17.5 Å². The zero-order valence-corrected chi connectivity index (χ0v) is 17.0.